The van der Waals surface area contributed by atoms with Crippen molar-refractivity contribution in [1.82, 2.24) is 15.6 Å². The van der Waals surface area contributed by atoms with E-state index in [9.17, 15) is 4.39 Å². The molecule has 0 aliphatic rings. The largest absolute Gasteiger partial charge is 0.489 e. The Morgan fingerprint density at radius 3 is 2.96 bits per heavy atom. The van der Waals surface area contributed by atoms with Crippen LogP contribution >= 0.6 is 11.3 Å². The van der Waals surface area contributed by atoms with Crippen molar-refractivity contribution >= 4 is 17.3 Å². The molecule has 148 valence electrons. The van der Waals surface area contributed by atoms with Gasteiger partial charge in [-0.2, -0.15) is 0 Å². The molecule has 8 heteroatoms. The van der Waals surface area contributed by atoms with Crippen molar-refractivity contribution in [3.63, 3.8) is 0 Å². The molecule has 2 N–H and O–H groups in total. The number of ether oxygens (including phenoxy) is 1. The van der Waals surface area contributed by atoms with E-state index >= 15 is 0 Å². The number of nitrogens with one attached hydrogen (secondary N) is 2. The van der Waals surface area contributed by atoms with Gasteiger partial charge in [0.25, 0.3) is 0 Å². The maximum atomic E-state index is 13.2. The SMILES string of the molecule is CCNC(=NCc1coc(-c2cccs2)n1)NCC(C)Oc1cccc(F)c1. The zero-order valence-corrected chi connectivity index (χ0v) is 16.6. The van der Waals surface area contributed by atoms with Gasteiger partial charge in [0.1, 0.15) is 29.6 Å². The van der Waals surface area contributed by atoms with Crippen LogP contribution in [0.5, 0.6) is 5.75 Å². The molecule has 0 fully saturated rings. The molecule has 1 atom stereocenters. The molecular weight excluding hydrogens is 379 g/mol. The molecule has 0 saturated carbocycles. The van der Waals surface area contributed by atoms with E-state index < -0.39 is 0 Å². The fourth-order valence-corrected chi connectivity index (χ4v) is 3.10. The van der Waals surface area contributed by atoms with Crippen LogP contribution in [0, 0.1) is 5.82 Å². The summed E-state index contributed by atoms with van der Waals surface area (Å²) < 4.78 is 24.5. The van der Waals surface area contributed by atoms with Crippen molar-refractivity contribution < 1.29 is 13.5 Å². The summed E-state index contributed by atoms with van der Waals surface area (Å²) in [5.41, 5.74) is 0.754. The maximum Gasteiger partial charge on any atom is 0.236 e. The fourth-order valence-electron chi connectivity index (χ4n) is 2.45. The lowest BCUT2D eigenvalue weighted by atomic mass is 10.3. The van der Waals surface area contributed by atoms with Crippen LogP contribution in [0.25, 0.3) is 10.8 Å². The first-order chi connectivity index (χ1) is 13.6. The Morgan fingerprint density at radius 2 is 2.21 bits per heavy atom. The number of nitrogens with zero attached hydrogens (tertiary/aromatic N) is 2. The average Bonchev–Trinajstić information content (AvgIpc) is 3.35. The van der Waals surface area contributed by atoms with Gasteiger partial charge in [0.05, 0.1) is 18.0 Å². The van der Waals surface area contributed by atoms with Crippen LogP contribution in [0.3, 0.4) is 0 Å². The van der Waals surface area contributed by atoms with Gasteiger partial charge in [-0.15, -0.1) is 11.3 Å². The molecule has 0 aliphatic heterocycles. The number of aromatic nitrogens is 1. The number of benzene rings is 1. The van der Waals surface area contributed by atoms with E-state index in [-0.39, 0.29) is 11.9 Å². The second kappa shape index (κ2) is 9.89. The highest BCUT2D eigenvalue weighted by molar-refractivity contribution is 7.13. The van der Waals surface area contributed by atoms with Gasteiger partial charge in [0.2, 0.25) is 5.89 Å². The maximum absolute atomic E-state index is 13.2. The molecule has 1 aromatic carbocycles. The van der Waals surface area contributed by atoms with E-state index in [4.69, 9.17) is 9.15 Å². The molecule has 6 nitrogen and oxygen atoms in total. The Hall–Kier alpha value is -2.87. The number of hydrogen-bond acceptors (Lipinski definition) is 5. The molecule has 2 heterocycles. The van der Waals surface area contributed by atoms with Crippen LogP contribution in [-0.4, -0.2) is 30.1 Å². The van der Waals surface area contributed by atoms with E-state index in [1.807, 2.05) is 31.4 Å². The van der Waals surface area contributed by atoms with E-state index in [0.29, 0.717) is 30.7 Å². The molecular formula is C20H23FN4O2S. The van der Waals surface area contributed by atoms with Crippen LogP contribution in [-0.2, 0) is 6.54 Å². The first kappa shape index (κ1) is 19.9. The van der Waals surface area contributed by atoms with Gasteiger partial charge in [0, 0.05) is 12.6 Å². The van der Waals surface area contributed by atoms with Crippen LogP contribution in [0.15, 0.2) is 57.5 Å². The highest BCUT2D eigenvalue weighted by Crippen LogP contribution is 2.23. The van der Waals surface area contributed by atoms with Gasteiger partial charge in [-0.05, 0) is 37.4 Å². The third-order valence-electron chi connectivity index (χ3n) is 3.72. The van der Waals surface area contributed by atoms with Crippen molar-refractivity contribution in [3.05, 3.63) is 59.6 Å². The zero-order chi connectivity index (χ0) is 19.8. The zero-order valence-electron chi connectivity index (χ0n) is 15.8. The van der Waals surface area contributed by atoms with Gasteiger partial charge in [-0.3, -0.25) is 0 Å². The lowest BCUT2D eigenvalue weighted by molar-refractivity contribution is 0.223. The second-order valence-electron chi connectivity index (χ2n) is 6.08. The van der Waals surface area contributed by atoms with Gasteiger partial charge >= 0.3 is 0 Å². The monoisotopic (exact) mass is 402 g/mol. The minimum Gasteiger partial charge on any atom is -0.489 e. The normalized spacial score (nSPS) is 12.6. The topological polar surface area (TPSA) is 71.7 Å². The number of guanidine groups is 1. The van der Waals surface area contributed by atoms with Crippen LogP contribution in [0.4, 0.5) is 4.39 Å². The Morgan fingerprint density at radius 1 is 1.32 bits per heavy atom. The highest BCUT2D eigenvalue weighted by atomic mass is 32.1. The number of hydrogen-bond donors (Lipinski definition) is 2. The standard InChI is InChI=1S/C20H23FN4O2S/c1-3-22-20(23-11-14(2)27-17-7-4-6-15(21)10-17)24-12-16-13-26-19(25-16)18-8-5-9-28-18/h4-10,13-14H,3,11-12H2,1-2H3,(H2,22,23,24). The van der Waals surface area contributed by atoms with Gasteiger partial charge in [-0.25, -0.2) is 14.4 Å². The molecule has 0 aliphatic carbocycles. The van der Waals surface area contributed by atoms with Crippen molar-refractivity contribution in [2.45, 2.75) is 26.5 Å². The summed E-state index contributed by atoms with van der Waals surface area (Å²) in [6, 6.07) is 10.0. The second-order valence-corrected chi connectivity index (χ2v) is 7.03. The Kier molecular flexibility index (Phi) is 7.02. The molecule has 0 spiro atoms. The summed E-state index contributed by atoms with van der Waals surface area (Å²) in [6.45, 7) is 5.54. The first-order valence-corrected chi connectivity index (χ1v) is 9.94. The predicted octanol–water partition coefficient (Wildman–Crippen LogP) is 4.06. The number of halogens is 1. The number of aliphatic imine (C=N–C) groups is 1. The quantitative estimate of drug-likeness (QED) is 0.439. The Balaban J connectivity index is 1.53. The number of oxazole rings is 1. The molecule has 0 amide bonds. The smallest absolute Gasteiger partial charge is 0.236 e. The summed E-state index contributed by atoms with van der Waals surface area (Å²) in [6.07, 6.45) is 1.46. The summed E-state index contributed by atoms with van der Waals surface area (Å²) in [5, 5.41) is 8.39. The lowest BCUT2D eigenvalue weighted by Gasteiger charge is -2.17. The van der Waals surface area contributed by atoms with Crippen molar-refractivity contribution in [2.24, 2.45) is 4.99 Å². The van der Waals surface area contributed by atoms with Gasteiger partial charge < -0.3 is 19.8 Å². The fraction of sp³-hybridized carbons (Fsp3) is 0.300. The van der Waals surface area contributed by atoms with Crippen LogP contribution < -0.4 is 15.4 Å². The average molecular weight is 402 g/mol. The number of thiophene rings is 1. The molecule has 1 unspecified atom stereocenters. The van der Waals surface area contributed by atoms with E-state index in [2.05, 4.69) is 20.6 Å². The summed E-state index contributed by atoms with van der Waals surface area (Å²) in [5.74, 6) is 1.44. The molecule has 2 aromatic heterocycles. The third kappa shape index (κ3) is 5.82. The molecule has 0 radical (unpaired) electrons. The summed E-state index contributed by atoms with van der Waals surface area (Å²) >= 11 is 1.58. The molecule has 0 saturated heterocycles. The van der Waals surface area contributed by atoms with Gasteiger partial charge in [0.15, 0.2) is 5.96 Å². The third-order valence-corrected chi connectivity index (χ3v) is 4.58. The highest BCUT2D eigenvalue weighted by Gasteiger charge is 2.09. The van der Waals surface area contributed by atoms with Crippen molar-refractivity contribution in [2.75, 3.05) is 13.1 Å². The predicted molar refractivity (Wildman–Crippen MR) is 109 cm³/mol. The summed E-state index contributed by atoms with van der Waals surface area (Å²) in [4.78, 5) is 9.99. The van der Waals surface area contributed by atoms with Crippen LogP contribution in [0.2, 0.25) is 0 Å². The first-order valence-electron chi connectivity index (χ1n) is 9.06. The van der Waals surface area contributed by atoms with Crippen LogP contribution in [0.1, 0.15) is 19.5 Å². The molecule has 28 heavy (non-hydrogen) atoms. The minimum atomic E-state index is -0.318. The van der Waals surface area contributed by atoms with Crippen molar-refractivity contribution in [3.8, 4) is 16.5 Å². The molecule has 3 aromatic rings. The van der Waals surface area contributed by atoms with Gasteiger partial charge in [-0.1, -0.05) is 12.1 Å². The van der Waals surface area contributed by atoms with E-state index in [1.165, 1.54) is 12.1 Å². The Bertz CT molecular complexity index is 895. The van der Waals surface area contributed by atoms with E-state index in [0.717, 1.165) is 17.1 Å². The van der Waals surface area contributed by atoms with Crippen molar-refractivity contribution in [1.29, 1.82) is 0 Å². The molecule has 3 rings (SSSR count). The van der Waals surface area contributed by atoms with E-state index in [1.54, 1.807) is 29.7 Å². The Labute approximate surface area is 167 Å². The molecule has 0 bridgehead atoms. The minimum absolute atomic E-state index is 0.164. The summed E-state index contributed by atoms with van der Waals surface area (Å²) in [7, 11) is 0. The number of rotatable bonds is 8. The lowest BCUT2D eigenvalue weighted by Crippen LogP contribution is -2.41.